The van der Waals surface area contributed by atoms with Gasteiger partial charge in [-0.25, -0.2) is 0 Å². The molecule has 0 heterocycles. The summed E-state index contributed by atoms with van der Waals surface area (Å²) in [6, 6.07) is 0. The van der Waals surface area contributed by atoms with Gasteiger partial charge in [0.1, 0.15) is 0 Å². The third-order valence-corrected chi connectivity index (χ3v) is 3.11. The van der Waals surface area contributed by atoms with Crippen LogP contribution in [0, 0.1) is 0 Å². The van der Waals surface area contributed by atoms with Crippen LogP contribution in [0.1, 0.15) is 32.6 Å². The Balaban J connectivity index is 3.11. The lowest BCUT2D eigenvalue weighted by Gasteiger charge is -2.04. The monoisotopic (exact) mass is 232 g/mol. The third-order valence-electron chi connectivity index (χ3n) is 2.04. The number of thioether (sulfide) groups is 1. The molecule has 0 radical (unpaired) electrons. The molecule has 2 N–H and O–H groups in total. The fourth-order valence-electron chi connectivity index (χ4n) is 1.09. The molecule has 0 spiro atoms. The van der Waals surface area contributed by atoms with Crippen LogP contribution in [0.2, 0.25) is 0 Å². The first kappa shape index (κ1) is 14.8. The van der Waals surface area contributed by atoms with Crippen molar-refractivity contribution in [3.63, 3.8) is 0 Å². The summed E-state index contributed by atoms with van der Waals surface area (Å²) in [5.74, 6) is 2.33. The fourth-order valence-corrected chi connectivity index (χ4v) is 2.12. The van der Waals surface area contributed by atoms with Gasteiger partial charge in [0, 0.05) is 18.7 Å². The van der Waals surface area contributed by atoms with Crippen LogP contribution in [0.25, 0.3) is 0 Å². The summed E-state index contributed by atoms with van der Waals surface area (Å²) in [6.07, 6.45) is 4.16. The molecule has 15 heavy (non-hydrogen) atoms. The minimum atomic E-state index is 0.190. The second-order valence-corrected chi connectivity index (χ2v) is 4.75. The molecule has 0 aliphatic heterocycles. The van der Waals surface area contributed by atoms with Gasteiger partial charge >= 0.3 is 0 Å². The van der Waals surface area contributed by atoms with E-state index in [1.54, 1.807) is 0 Å². The highest BCUT2D eigenvalue weighted by molar-refractivity contribution is 7.99. The van der Waals surface area contributed by atoms with Gasteiger partial charge in [0.05, 0.1) is 0 Å². The number of nitrogens with one attached hydrogen (secondary N) is 2. The predicted molar refractivity (Wildman–Crippen MR) is 68.4 cm³/mol. The van der Waals surface area contributed by atoms with Gasteiger partial charge in [0.15, 0.2) is 0 Å². The Bertz CT molecular complexity index is 154. The van der Waals surface area contributed by atoms with Crippen molar-refractivity contribution in [2.75, 3.05) is 31.6 Å². The van der Waals surface area contributed by atoms with E-state index in [4.69, 9.17) is 0 Å². The topological polar surface area (TPSA) is 41.1 Å². The lowest BCUT2D eigenvalue weighted by Crippen LogP contribution is -2.26. The van der Waals surface area contributed by atoms with Crippen LogP contribution < -0.4 is 10.6 Å². The largest absolute Gasteiger partial charge is 0.356 e. The second kappa shape index (κ2) is 11.9. The maximum absolute atomic E-state index is 11.3. The summed E-state index contributed by atoms with van der Waals surface area (Å²) < 4.78 is 0. The summed E-state index contributed by atoms with van der Waals surface area (Å²) in [5.41, 5.74) is 0. The number of carbonyl (C=O) groups is 1. The lowest BCUT2D eigenvalue weighted by molar-refractivity contribution is -0.120. The first-order valence-electron chi connectivity index (χ1n) is 5.80. The molecular formula is C11H24N2OS. The van der Waals surface area contributed by atoms with Crippen molar-refractivity contribution < 1.29 is 4.79 Å². The normalized spacial score (nSPS) is 10.3. The van der Waals surface area contributed by atoms with E-state index in [1.807, 2.05) is 18.8 Å². The van der Waals surface area contributed by atoms with E-state index in [1.165, 1.54) is 18.6 Å². The lowest BCUT2D eigenvalue weighted by atomic mass is 10.4. The van der Waals surface area contributed by atoms with Crippen molar-refractivity contribution in [1.82, 2.24) is 10.6 Å². The van der Waals surface area contributed by atoms with Gasteiger partial charge in [0.25, 0.3) is 0 Å². The molecule has 0 bridgehead atoms. The van der Waals surface area contributed by atoms with Crippen molar-refractivity contribution in [1.29, 1.82) is 0 Å². The van der Waals surface area contributed by atoms with Crippen molar-refractivity contribution >= 4 is 17.7 Å². The standard InChI is InChI=1S/C11H24N2OS/c1-3-4-9-15-10-6-11(14)13-8-5-7-12-2/h12H,3-10H2,1-2H3,(H,13,14). The molecule has 0 saturated carbocycles. The highest BCUT2D eigenvalue weighted by Gasteiger charge is 1.99. The zero-order valence-corrected chi connectivity index (χ0v) is 10.8. The number of hydrogen-bond acceptors (Lipinski definition) is 3. The number of hydrogen-bond donors (Lipinski definition) is 2. The van der Waals surface area contributed by atoms with Gasteiger partial charge < -0.3 is 10.6 Å². The molecule has 0 aromatic heterocycles. The van der Waals surface area contributed by atoms with E-state index in [0.717, 1.165) is 25.3 Å². The Hall–Kier alpha value is -0.220. The van der Waals surface area contributed by atoms with Crippen molar-refractivity contribution in [3.05, 3.63) is 0 Å². The van der Waals surface area contributed by atoms with Crippen molar-refractivity contribution in [2.45, 2.75) is 32.6 Å². The molecule has 0 aromatic carbocycles. The predicted octanol–water partition coefficient (Wildman–Crippen LogP) is 1.64. The van der Waals surface area contributed by atoms with E-state index in [9.17, 15) is 4.79 Å². The van der Waals surface area contributed by atoms with Crippen LogP contribution in [0.3, 0.4) is 0 Å². The maximum atomic E-state index is 11.3. The van der Waals surface area contributed by atoms with Crippen LogP contribution in [-0.2, 0) is 4.79 Å². The summed E-state index contributed by atoms with van der Waals surface area (Å²) in [7, 11) is 1.92. The zero-order chi connectivity index (χ0) is 11.4. The Morgan fingerprint density at radius 2 is 2.00 bits per heavy atom. The van der Waals surface area contributed by atoms with Crippen molar-refractivity contribution in [2.24, 2.45) is 0 Å². The molecule has 0 unspecified atom stereocenters. The minimum Gasteiger partial charge on any atom is -0.356 e. The molecule has 3 nitrogen and oxygen atoms in total. The quantitative estimate of drug-likeness (QED) is 0.563. The fraction of sp³-hybridized carbons (Fsp3) is 0.909. The SMILES string of the molecule is CCCCSCCC(=O)NCCCNC. The Morgan fingerprint density at radius 3 is 2.67 bits per heavy atom. The second-order valence-electron chi connectivity index (χ2n) is 3.52. The Kier molecular flexibility index (Phi) is 11.7. The highest BCUT2D eigenvalue weighted by atomic mass is 32.2. The summed E-state index contributed by atoms with van der Waals surface area (Å²) in [6.45, 7) is 3.94. The first-order valence-corrected chi connectivity index (χ1v) is 6.95. The minimum absolute atomic E-state index is 0.190. The number of rotatable bonds is 10. The Labute approximate surface area is 97.8 Å². The van der Waals surface area contributed by atoms with Crippen LogP contribution >= 0.6 is 11.8 Å². The van der Waals surface area contributed by atoms with Crippen molar-refractivity contribution in [3.8, 4) is 0 Å². The summed E-state index contributed by atoms with van der Waals surface area (Å²) in [4.78, 5) is 11.3. The summed E-state index contributed by atoms with van der Waals surface area (Å²) in [5, 5.41) is 5.97. The van der Waals surface area contributed by atoms with Gasteiger partial charge in [-0.1, -0.05) is 13.3 Å². The van der Waals surface area contributed by atoms with Gasteiger partial charge in [-0.2, -0.15) is 11.8 Å². The molecule has 4 heteroatoms. The molecule has 0 aromatic rings. The van der Waals surface area contributed by atoms with Gasteiger partial charge in [-0.15, -0.1) is 0 Å². The average molecular weight is 232 g/mol. The van der Waals surface area contributed by atoms with Crippen LogP contribution in [0.15, 0.2) is 0 Å². The zero-order valence-electron chi connectivity index (χ0n) is 9.97. The molecule has 1 amide bonds. The average Bonchev–Trinajstić information content (AvgIpc) is 2.24. The van der Waals surface area contributed by atoms with E-state index >= 15 is 0 Å². The first-order chi connectivity index (χ1) is 7.31. The van der Waals surface area contributed by atoms with E-state index in [0.29, 0.717) is 6.42 Å². The summed E-state index contributed by atoms with van der Waals surface area (Å²) >= 11 is 1.88. The van der Waals surface area contributed by atoms with Crippen LogP contribution in [-0.4, -0.2) is 37.6 Å². The number of unbranched alkanes of at least 4 members (excludes halogenated alkanes) is 1. The van der Waals surface area contributed by atoms with E-state index in [2.05, 4.69) is 17.6 Å². The molecule has 0 aliphatic rings. The van der Waals surface area contributed by atoms with Crippen LogP contribution in [0.4, 0.5) is 0 Å². The van der Waals surface area contributed by atoms with E-state index < -0.39 is 0 Å². The molecule has 90 valence electrons. The maximum Gasteiger partial charge on any atom is 0.220 e. The Morgan fingerprint density at radius 1 is 1.20 bits per heavy atom. The van der Waals surface area contributed by atoms with Gasteiger partial charge in [-0.3, -0.25) is 4.79 Å². The molecule has 0 rings (SSSR count). The van der Waals surface area contributed by atoms with Gasteiger partial charge in [0.2, 0.25) is 5.91 Å². The van der Waals surface area contributed by atoms with Crippen LogP contribution in [0.5, 0.6) is 0 Å². The molecule has 0 aliphatic carbocycles. The molecule has 0 atom stereocenters. The van der Waals surface area contributed by atoms with Gasteiger partial charge in [-0.05, 0) is 32.2 Å². The van der Waals surface area contributed by atoms with E-state index in [-0.39, 0.29) is 5.91 Å². The number of amides is 1. The highest BCUT2D eigenvalue weighted by Crippen LogP contribution is 2.05. The number of carbonyl (C=O) groups excluding carboxylic acids is 1. The molecule has 0 saturated heterocycles. The molecular weight excluding hydrogens is 208 g/mol. The smallest absolute Gasteiger partial charge is 0.220 e. The third kappa shape index (κ3) is 11.7. The molecule has 0 fully saturated rings.